The summed E-state index contributed by atoms with van der Waals surface area (Å²) < 4.78 is 10.4. The number of rotatable bonds is 5. The lowest BCUT2D eigenvalue weighted by molar-refractivity contribution is 0.0975. The predicted molar refractivity (Wildman–Crippen MR) is 92.9 cm³/mol. The van der Waals surface area contributed by atoms with E-state index in [1.807, 2.05) is 13.8 Å². The number of hydrogen-bond donors (Lipinski definition) is 3. The van der Waals surface area contributed by atoms with Crippen LogP contribution in [-0.2, 0) is 4.74 Å². The monoisotopic (exact) mass is 361 g/mol. The van der Waals surface area contributed by atoms with Gasteiger partial charge in [0.1, 0.15) is 6.10 Å². The number of aryl methyl sites for hydroxylation is 1. The van der Waals surface area contributed by atoms with Gasteiger partial charge in [-0.2, -0.15) is 5.10 Å². The van der Waals surface area contributed by atoms with E-state index in [0.717, 1.165) is 25.0 Å². The Balaban J connectivity index is 1.53. The van der Waals surface area contributed by atoms with Crippen molar-refractivity contribution in [3.05, 3.63) is 29.3 Å². The van der Waals surface area contributed by atoms with E-state index in [4.69, 9.17) is 9.26 Å². The third-order valence-corrected chi connectivity index (χ3v) is 4.20. The van der Waals surface area contributed by atoms with E-state index in [1.54, 1.807) is 19.1 Å². The van der Waals surface area contributed by atoms with Crippen LogP contribution < -0.4 is 10.6 Å². The van der Waals surface area contributed by atoms with Crippen LogP contribution in [0.5, 0.6) is 0 Å². The highest BCUT2D eigenvalue weighted by atomic mass is 16.6. The topological polar surface area (TPSA) is 122 Å². The predicted octanol–water partition coefficient (Wildman–Crippen LogP) is 2.73. The summed E-state index contributed by atoms with van der Waals surface area (Å²) in [7, 11) is 0. The molecule has 140 valence electrons. The van der Waals surface area contributed by atoms with E-state index in [-0.39, 0.29) is 29.9 Å². The number of aromatic nitrogens is 3. The summed E-state index contributed by atoms with van der Waals surface area (Å²) in [6.07, 6.45) is 1.91. The molecule has 2 aromatic rings. The summed E-state index contributed by atoms with van der Waals surface area (Å²) in [5, 5.41) is 16.1. The van der Waals surface area contributed by atoms with E-state index in [0.29, 0.717) is 11.5 Å². The van der Waals surface area contributed by atoms with Crippen LogP contribution in [0.3, 0.4) is 0 Å². The molecule has 1 aliphatic rings. The van der Waals surface area contributed by atoms with Crippen LogP contribution in [0.1, 0.15) is 61.0 Å². The van der Waals surface area contributed by atoms with Gasteiger partial charge in [0.15, 0.2) is 5.82 Å². The van der Waals surface area contributed by atoms with Gasteiger partial charge in [-0.05, 0) is 40.0 Å². The number of nitrogens with one attached hydrogen (secondary N) is 3. The molecule has 3 N–H and O–H groups in total. The Kier molecular flexibility index (Phi) is 5.24. The van der Waals surface area contributed by atoms with E-state index in [2.05, 4.69) is 26.0 Å². The zero-order valence-electron chi connectivity index (χ0n) is 15.0. The lowest BCUT2D eigenvalue weighted by atomic mass is 10.0. The number of aromatic amines is 1. The minimum atomic E-state index is -0.401. The van der Waals surface area contributed by atoms with Crippen LogP contribution in [0.2, 0.25) is 0 Å². The highest BCUT2D eigenvalue weighted by Crippen LogP contribution is 2.35. The number of carbonyl (C=O) groups is 2. The van der Waals surface area contributed by atoms with Crippen molar-refractivity contribution in [3.8, 4) is 0 Å². The Morgan fingerprint density at radius 3 is 2.85 bits per heavy atom. The molecule has 1 saturated carbocycles. The molecule has 3 rings (SSSR count). The minimum absolute atomic E-state index is 0.0478. The average Bonchev–Trinajstić information content (AvgIpc) is 3.27. The zero-order chi connectivity index (χ0) is 18.7. The Labute approximate surface area is 150 Å². The quantitative estimate of drug-likeness (QED) is 0.752. The summed E-state index contributed by atoms with van der Waals surface area (Å²) in [5.41, 5.74) is 1.54. The average molecular weight is 361 g/mol. The number of alkyl carbamates (subject to hydrolysis) is 1. The molecule has 0 bridgehead atoms. The van der Waals surface area contributed by atoms with E-state index < -0.39 is 5.91 Å². The molecule has 2 atom stereocenters. The minimum Gasteiger partial charge on any atom is -0.446 e. The zero-order valence-corrected chi connectivity index (χ0v) is 15.0. The Bertz CT molecular complexity index is 782. The van der Waals surface area contributed by atoms with Gasteiger partial charge in [-0.15, -0.1) is 0 Å². The van der Waals surface area contributed by atoms with Crippen LogP contribution in [0, 0.1) is 6.92 Å². The number of hydrogen-bond acceptors (Lipinski definition) is 6. The first kappa shape index (κ1) is 18.0. The fourth-order valence-corrected chi connectivity index (χ4v) is 3.01. The number of amides is 2. The van der Waals surface area contributed by atoms with Crippen LogP contribution in [-0.4, -0.2) is 39.5 Å². The standard InChI is InChI=1S/C17H23N5O4/c1-9(2)18-17(24)25-12-5-4-11(7-12)13-8-15(21-20-13)19-16(23)14-6-10(3)22-26-14/h6,8-9,11-12H,4-5,7H2,1-3H3,(H,18,24)(H2,19,20,21,23)/t11-,12?/m0/s1. The molecule has 1 unspecified atom stereocenters. The first-order chi connectivity index (χ1) is 12.4. The third kappa shape index (κ3) is 4.41. The van der Waals surface area contributed by atoms with Crippen molar-refractivity contribution in [2.75, 3.05) is 5.32 Å². The van der Waals surface area contributed by atoms with Crippen molar-refractivity contribution >= 4 is 17.8 Å². The van der Waals surface area contributed by atoms with Gasteiger partial charge in [0.25, 0.3) is 5.91 Å². The third-order valence-electron chi connectivity index (χ3n) is 4.20. The summed E-state index contributed by atoms with van der Waals surface area (Å²) in [6.45, 7) is 5.52. The lowest BCUT2D eigenvalue weighted by Gasteiger charge is -2.14. The van der Waals surface area contributed by atoms with E-state index >= 15 is 0 Å². The largest absolute Gasteiger partial charge is 0.446 e. The maximum absolute atomic E-state index is 12.1. The van der Waals surface area contributed by atoms with Crippen molar-refractivity contribution in [3.63, 3.8) is 0 Å². The summed E-state index contributed by atoms with van der Waals surface area (Å²) in [6, 6.07) is 3.40. The van der Waals surface area contributed by atoms with E-state index in [1.165, 1.54) is 0 Å². The first-order valence-corrected chi connectivity index (χ1v) is 8.68. The molecule has 2 amide bonds. The van der Waals surface area contributed by atoms with Gasteiger partial charge in [0.05, 0.1) is 5.69 Å². The molecule has 26 heavy (non-hydrogen) atoms. The van der Waals surface area contributed by atoms with Crippen LogP contribution in [0.15, 0.2) is 16.7 Å². The van der Waals surface area contributed by atoms with Crippen LogP contribution in [0.25, 0.3) is 0 Å². The Morgan fingerprint density at radius 2 is 2.15 bits per heavy atom. The molecule has 0 spiro atoms. The van der Waals surface area contributed by atoms with Crippen molar-refractivity contribution in [1.82, 2.24) is 20.7 Å². The van der Waals surface area contributed by atoms with Crippen LogP contribution in [0.4, 0.5) is 10.6 Å². The van der Waals surface area contributed by atoms with Crippen molar-refractivity contribution in [1.29, 1.82) is 0 Å². The molecule has 0 radical (unpaired) electrons. The lowest BCUT2D eigenvalue weighted by Crippen LogP contribution is -2.33. The maximum atomic E-state index is 12.1. The summed E-state index contributed by atoms with van der Waals surface area (Å²) >= 11 is 0. The van der Waals surface area contributed by atoms with Gasteiger partial charge in [0.2, 0.25) is 5.76 Å². The molecular weight excluding hydrogens is 338 g/mol. The normalized spacial score (nSPS) is 19.5. The van der Waals surface area contributed by atoms with Gasteiger partial charge in [-0.3, -0.25) is 9.89 Å². The molecule has 2 aromatic heterocycles. The highest BCUT2D eigenvalue weighted by Gasteiger charge is 2.30. The molecule has 0 saturated heterocycles. The second kappa shape index (κ2) is 7.59. The molecule has 0 aliphatic heterocycles. The number of ether oxygens (including phenoxy) is 1. The van der Waals surface area contributed by atoms with Crippen LogP contribution >= 0.6 is 0 Å². The Morgan fingerprint density at radius 1 is 1.35 bits per heavy atom. The van der Waals surface area contributed by atoms with Crippen molar-refractivity contribution in [2.24, 2.45) is 0 Å². The smallest absolute Gasteiger partial charge is 0.407 e. The molecule has 0 aromatic carbocycles. The van der Waals surface area contributed by atoms with Gasteiger partial charge in [-0.1, -0.05) is 5.16 Å². The van der Waals surface area contributed by atoms with Gasteiger partial charge in [-0.25, -0.2) is 4.79 Å². The number of carbonyl (C=O) groups excluding carboxylic acids is 2. The Hall–Kier alpha value is -2.84. The number of H-pyrrole nitrogens is 1. The molecule has 1 aliphatic carbocycles. The molecule has 1 fully saturated rings. The molecular formula is C17H23N5O4. The van der Waals surface area contributed by atoms with Crippen molar-refractivity contribution < 1.29 is 18.8 Å². The molecule has 9 nitrogen and oxygen atoms in total. The SMILES string of the molecule is Cc1cc(C(=O)Nc2cc([C@H]3CCC(OC(=O)NC(C)C)C3)[nH]n2)on1. The fourth-order valence-electron chi connectivity index (χ4n) is 3.01. The molecule has 2 heterocycles. The fraction of sp³-hybridized carbons (Fsp3) is 0.529. The molecule has 9 heteroatoms. The maximum Gasteiger partial charge on any atom is 0.407 e. The van der Waals surface area contributed by atoms with Crippen molar-refractivity contribution in [2.45, 2.75) is 58.1 Å². The highest BCUT2D eigenvalue weighted by molar-refractivity contribution is 6.01. The van der Waals surface area contributed by atoms with Gasteiger partial charge in [0, 0.05) is 29.8 Å². The summed E-state index contributed by atoms with van der Waals surface area (Å²) in [5.74, 6) is 0.359. The second-order valence-electron chi connectivity index (χ2n) is 6.83. The van der Waals surface area contributed by atoms with E-state index in [9.17, 15) is 9.59 Å². The van der Waals surface area contributed by atoms with Gasteiger partial charge >= 0.3 is 6.09 Å². The number of nitrogens with zero attached hydrogens (tertiary/aromatic N) is 2. The number of anilines is 1. The first-order valence-electron chi connectivity index (χ1n) is 8.68. The van der Waals surface area contributed by atoms with Gasteiger partial charge < -0.3 is 19.9 Å². The second-order valence-corrected chi connectivity index (χ2v) is 6.83. The summed E-state index contributed by atoms with van der Waals surface area (Å²) in [4.78, 5) is 23.8.